The second kappa shape index (κ2) is 10.1. The standard InChI is InChI=1S/C21H34FN3O4S/c1-16-10-13-25(20(26)29-21(2,3)4)14-11-19(16)23-12-15-24(5)30(27,28)18-8-6-17(22)7-9-18/h6-9,16,19,23H,10-15H2,1-5H3/t16-,19-/m0/s1. The minimum Gasteiger partial charge on any atom is -0.444 e. The SMILES string of the molecule is C[C@H]1CCN(C(=O)OC(C)(C)C)CC[C@@H]1NCCN(C)S(=O)(=O)c1ccc(F)cc1. The first-order valence-corrected chi connectivity index (χ1v) is 11.8. The number of halogens is 1. The van der Waals surface area contributed by atoms with Gasteiger partial charge in [0.25, 0.3) is 0 Å². The zero-order valence-corrected chi connectivity index (χ0v) is 19.3. The van der Waals surface area contributed by atoms with Crippen LogP contribution in [0.4, 0.5) is 9.18 Å². The number of likely N-dealkylation sites (N-methyl/N-ethyl adjacent to an activating group) is 1. The van der Waals surface area contributed by atoms with Crippen molar-refractivity contribution in [2.45, 2.75) is 57.1 Å². The molecule has 1 N–H and O–H groups in total. The van der Waals surface area contributed by atoms with Crippen LogP contribution in [0.15, 0.2) is 29.2 Å². The Labute approximate surface area is 179 Å². The van der Waals surface area contributed by atoms with Gasteiger partial charge in [-0.25, -0.2) is 17.6 Å². The quantitative estimate of drug-likeness (QED) is 0.731. The van der Waals surface area contributed by atoms with Gasteiger partial charge in [0.2, 0.25) is 10.0 Å². The zero-order valence-electron chi connectivity index (χ0n) is 18.5. The summed E-state index contributed by atoms with van der Waals surface area (Å²) < 4.78 is 45.0. The Bertz CT molecular complexity index is 809. The third-order valence-corrected chi connectivity index (χ3v) is 7.13. The fourth-order valence-electron chi connectivity index (χ4n) is 3.38. The van der Waals surface area contributed by atoms with Crippen LogP contribution in [0.25, 0.3) is 0 Å². The second-order valence-corrected chi connectivity index (χ2v) is 10.9. The van der Waals surface area contributed by atoms with Crippen molar-refractivity contribution in [1.29, 1.82) is 0 Å². The van der Waals surface area contributed by atoms with Crippen molar-refractivity contribution in [2.24, 2.45) is 5.92 Å². The second-order valence-electron chi connectivity index (χ2n) is 8.86. The largest absolute Gasteiger partial charge is 0.444 e. The molecular formula is C21H34FN3O4S. The molecule has 0 radical (unpaired) electrons. The lowest BCUT2D eigenvalue weighted by Crippen LogP contribution is -2.41. The summed E-state index contributed by atoms with van der Waals surface area (Å²) in [5, 5.41) is 3.44. The van der Waals surface area contributed by atoms with E-state index in [0.29, 0.717) is 32.1 Å². The van der Waals surface area contributed by atoms with Gasteiger partial charge in [-0.2, -0.15) is 4.31 Å². The number of benzene rings is 1. The van der Waals surface area contributed by atoms with Crippen molar-refractivity contribution in [2.75, 3.05) is 33.2 Å². The number of rotatable bonds is 6. The third kappa shape index (κ3) is 6.92. The van der Waals surface area contributed by atoms with E-state index in [1.165, 1.54) is 23.5 Å². The summed E-state index contributed by atoms with van der Waals surface area (Å²) in [5.41, 5.74) is -0.521. The minimum absolute atomic E-state index is 0.0715. The van der Waals surface area contributed by atoms with Gasteiger partial charge in [0.05, 0.1) is 4.90 Å². The van der Waals surface area contributed by atoms with E-state index in [9.17, 15) is 17.6 Å². The molecule has 30 heavy (non-hydrogen) atoms. The zero-order chi connectivity index (χ0) is 22.5. The summed E-state index contributed by atoms with van der Waals surface area (Å²) in [6.45, 7) is 9.71. The first-order valence-electron chi connectivity index (χ1n) is 10.3. The van der Waals surface area contributed by atoms with E-state index in [1.54, 1.807) is 4.90 Å². The molecule has 1 heterocycles. The predicted molar refractivity (Wildman–Crippen MR) is 114 cm³/mol. The number of sulfonamides is 1. The smallest absolute Gasteiger partial charge is 0.410 e. The molecule has 1 aliphatic rings. The molecule has 7 nitrogen and oxygen atoms in total. The molecule has 1 aromatic rings. The molecule has 1 aromatic carbocycles. The highest BCUT2D eigenvalue weighted by atomic mass is 32.2. The van der Waals surface area contributed by atoms with Gasteiger partial charge in [0.15, 0.2) is 0 Å². The highest BCUT2D eigenvalue weighted by molar-refractivity contribution is 7.89. The molecule has 1 fully saturated rings. The summed E-state index contributed by atoms with van der Waals surface area (Å²) >= 11 is 0. The van der Waals surface area contributed by atoms with Crippen molar-refractivity contribution in [3.05, 3.63) is 30.1 Å². The first kappa shape index (κ1) is 24.6. The number of likely N-dealkylation sites (tertiary alicyclic amines) is 1. The normalized spacial score (nSPS) is 20.8. The summed E-state index contributed by atoms with van der Waals surface area (Å²) in [6.07, 6.45) is 1.33. The maximum atomic E-state index is 13.1. The van der Waals surface area contributed by atoms with Crippen LogP contribution in [-0.4, -0.2) is 68.6 Å². The van der Waals surface area contributed by atoms with E-state index in [1.807, 2.05) is 20.8 Å². The van der Waals surface area contributed by atoms with E-state index < -0.39 is 21.4 Å². The fourth-order valence-corrected chi connectivity index (χ4v) is 4.55. The molecule has 1 amide bonds. The first-order chi connectivity index (χ1) is 13.9. The number of nitrogens with one attached hydrogen (secondary N) is 1. The number of carbonyl (C=O) groups excluding carboxylic acids is 1. The summed E-state index contributed by atoms with van der Waals surface area (Å²) in [7, 11) is -2.14. The maximum absolute atomic E-state index is 13.1. The van der Waals surface area contributed by atoms with Crippen LogP contribution in [0.3, 0.4) is 0 Å². The molecular weight excluding hydrogens is 409 g/mol. The summed E-state index contributed by atoms with van der Waals surface area (Å²) in [4.78, 5) is 14.2. The molecule has 9 heteroatoms. The van der Waals surface area contributed by atoms with Crippen LogP contribution >= 0.6 is 0 Å². The molecule has 170 valence electrons. The van der Waals surface area contributed by atoms with Gasteiger partial charge in [0.1, 0.15) is 11.4 Å². The summed E-state index contributed by atoms with van der Waals surface area (Å²) in [6, 6.07) is 5.01. The number of ether oxygens (including phenoxy) is 1. The third-order valence-electron chi connectivity index (χ3n) is 5.26. The average Bonchev–Trinajstić information content (AvgIpc) is 2.82. The van der Waals surface area contributed by atoms with Crippen molar-refractivity contribution in [1.82, 2.24) is 14.5 Å². The number of amides is 1. The van der Waals surface area contributed by atoms with Crippen molar-refractivity contribution in [3.63, 3.8) is 0 Å². The van der Waals surface area contributed by atoms with Crippen LogP contribution < -0.4 is 5.32 Å². The minimum atomic E-state index is -3.66. The van der Waals surface area contributed by atoms with E-state index in [4.69, 9.17) is 4.74 Å². The van der Waals surface area contributed by atoms with Gasteiger partial charge in [-0.1, -0.05) is 6.92 Å². The number of nitrogens with zero attached hydrogens (tertiary/aromatic N) is 2. The van der Waals surface area contributed by atoms with E-state index in [2.05, 4.69) is 12.2 Å². The lowest BCUT2D eigenvalue weighted by molar-refractivity contribution is 0.0255. The topological polar surface area (TPSA) is 79.0 Å². The highest BCUT2D eigenvalue weighted by Crippen LogP contribution is 2.20. The molecule has 2 atom stereocenters. The van der Waals surface area contributed by atoms with Crippen LogP contribution in [-0.2, 0) is 14.8 Å². The van der Waals surface area contributed by atoms with Gasteiger partial charge in [0, 0.05) is 39.3 Å². The van der Waals surface area contributed by atoms with E-state index in [-0.39, 0.29) is 17.0 Å². The number of hydrogen-bond donors (Lipinski definition) is 1. The monoisotopic (exact) mass is 443 g/mol. The number of carbonyl (C=O) groups is 1. The van der Waals surface area contributed by atoms with E-state index in [0.717, 1.165) is 25.0 Å². The molecule has 0 saturated carbocycles. The molecule has 0 aromatic heterocycles. The number of hydrogen-bond acceptors (Lipinski definition) is 5. The van der Waals surface area contributed by atoms with Gasteiger partial charge < -0.3 is 15.0 Å². The lowest BCUT2D eigenvalue weighted by Gasteiger charge is -2.26. The lowest BCUT2D eigenvalue weighted by atomic mass is 9.97. The maximum Gasteiger partial charge on any atom is 0.410 e. The highest BCUT2D eigenvalue weighted by Gasteiger charge is 2.28. The molecule has 0 spiro atoms. The summed E-state index contributed by atoms with van der Waals surface area (Å²) in [5.74, 6) is -0.127. The van der Waals surface area contributed by atoms with Crippen molar-refractivity contribution < 1.29 is 22.3 Å². The van der Waals surface area contributed by atoms with Gasteiger partial charge in [-0.15, -0.1) is 0 Å². The Kier molecular flexibility index (Phi) is 8.24. The van der Waals surface area contributed by atoms with Crippen molar-refractivity contribution in [3.8, 4) is 0 Å². The molecule has 0 unspecified atom stereocenters. The Morgan fingerprint density at radius 2 is 1.83 bits per heavy atom. The Balaban J connectivity index is 1.86. The van der Waals surface area contributed by atoms with Gasteiger partial charge in [-0.05, 0) is 63.8 Å². The van der Waals surface area contributed by atoms with E-state index >= 15 is 0 Å². The molecule has 0 bridgehead atoms. The Hall–Kier alpha value is -1.71. The Morgan fingerprint density at radius 1 is 1.23 bits per heavy atom. The van der Waals surface area contributed by atoms with Gasteiger partial charge >= 0.3 is 6.09 Å². The van der Waals surface area contributed by atoms with Crippen LogP contribution in [0, 0.1) is 11.7 Å². The van der Waals surface area contributed by atoms with Gasteiger partial charge in [-0.3, -0.25) is 0 Å². The predicted octanol–water partition coefficient (Wildman–Crippen LogP) is 3.07. The molecule has 2 rings (SSSR count). The Morgan fingerprint density at radius 3 is 2.43 bits per heavy atom. The molecule has 0 aliphatic carbocycles. The van der Waals surface area contributed by atoms with Crippen LogP contribution in [0.2, 0.25) is 0 Å². The fraction of sp³-hybridized carbons (Fsp3) is 0.667. The van der Waals surface area contributed by atoms with Crippen LogP contribution in [0.1, 0.15) is 40.5 Å². The van der Waals surface area contributed by atoms with Crippen molar-refractivity contribution >= 4 is 16.1 Å². The molecule has 1 saturated heterocycles. The molecule has 1 aliphatic heterocycles. The average molecular weight is 444 g/mol. The van der Waals surface area contributed by atoms with Crippen LogP contribution in [0.5, 0.6) is 0 Å².